The Bertz CT molecular complexity index is 496. The summed E-state index contributed by atoms with van der Waals surface area (Å²) in [5, 5.41) is 6.83. The quantitative estimate of drug-likeness (QED) is 0.468. The molecular formula is C20H37N5O. The van der Waals surface area contributed by atoms with E-state index in [1.807, 2.05) is 6.07 Å². The van der Waals surface area contributed by atoms with Crippen LogP contribution >= 0.6 is 0 Å². The number of nitrogens with zero attached hydrogens (tertiary/aromatic N) is 3. The van der Waals surface area contributed by atoms with Crippen LogP contribution in [0.1, 0.15) is 51.3 Å². The topological polar surface area (TPSA) is 56.0 Å². The summed E-state index contributed by atoms with van der Waals surface area (Å²) in [7, 11) is 2.18. The van der Waals surface area contributed by atoms with Gasteiger partial charge in [0.1, 0.15) is 5.76 Å². The van der Waals surface area contributed by atoms with E-state index in [1.165, 1.54) is 25.7 Å². The first-order valence-corrected chi connectivity index (χ1v) is 10.2. The number of aliphatic imine (C=N–C) groups is 1. The molecule has 0 saturated carbocycles. The highest BCUT2D eigenvalue weighted by Gasteiger charge is 2.25. The number of guanidine groups is 1. The maximum Gasteiger partial charge on any atom is 0.191 e. The minimum Gasteiger partial charge on any atom is -0.468 e. The van der Waals surface area contributed by atoms with Crippen LogP contribution in [0.3, 0.4) is 0 Å². The summed E-state index contributed by atoms with van der Waals surface area (Å²) in [4.78, 5) is 9.71. The molecule has 1 aliphatic heterocycles. The zero-order chi connectivity index (χ0) is 18.6. The van der Waals surface area contributed by atoms with Gasteiger partial charge in [-0.1, -0.05) is 13.3 Å². The Balaban J connectivity index is 1.88. The van der Waals surface area contributed by atoms with Crippen molar-refractivity contribution >= 4 is 5.96 Å². The molecule has 0 amide bonds. The Morgan fingerprint density at radius 1 is 1.27 bits per heavy atom. The lowest BCUT2D eigenvalue weighted by Crippen LogP contribution is -2.41. The first-order valence-electron chi connectivity index (χ1n) is 10.2. The Labute approximate surface area is 159 Å². The van der Waals surface area contributed by atoms with E-state index in [9.17, 15) is 0 Å². The fraction of sp³-hybridized carbons (Fsp3) is 0.750. The van der Waals surface area contributed by atoms with Gasteiger partial charge in [-0.15, -0.1) is 0 Å². The lowest BCUT2D eigenvalue weighted by atomic mass is 10.2. The predicted octanol–water partition coefficient (Wildman–Crippen LogP) is 2.70. The van der Waals surface area contributed by atoms with Crippen LogP contribution in [-0.2, 0) is 0 Å². The fourth-order valence-corrected chi connectivity index (χ4v) is 3.34. The molecule has 2 N–H and O–H groups in total. The number of nitrogens with one attached hydrogen (secondary N) is 2. The Morgan fingerprint density at radius 2 is 2.08 bits per heavy atom. The molecule has 1 aromatic rings. The number of likely N-dealkylation sites (tertiary alicyclic amines) is 1. The normalized spacial score (nSPS) is 17.0. The zero-order valence-corrected chi connectivity index (χ0v) is 16.8. The highest BCUT2D eigenvalue weighted by atomic mass is 16.3. The smallest absolute Gasteiger partial charge is 0.191 e. The highest BCUT2D eigenvalue weighted by Crippen LogP contribution is 2.25. The molecule has 2 heterocycles. The van der Waals surface area contributed by atoms with Crippen molar-refractivity contribution in [3.8, 4) is 0 Å². The monoisotopic (exact) mass is 363 g/mol. The second-order valence-electron chi connectivity index (χ2n) is 7.08. The Morgan fingerprint density at radius 3 is 2.73 bits per heavy atom. The summed E-state index contributed by atoms with van der Waals surface area (Å²) in [6.07, 6.45) is 6.79. The molecule has 0 aromatic carbocycles. The van der Waals surface area contributed by atoms with Crippen molar-refractivity contribution < 1.29 is 4.42 Å². The van der Waals surface area contributed by atoms with Gasteiger partial charge in [0.25, 0.3) is 0 Å². The second-order valence-corrected chi connectivity index (χ2v) is 7.08. The average molecular weight is 364 g/mol. The van der Waals surface area contributed by atoms with Gasteiger partial charge in [0, 0.05) is 19.6 Å². The molecule has 1 aliphatic rings. The molecule has 2 rings (SSSR count). The van der Waals surface area contributed by atoms with E-state index < -0.39 is 0 Å². The van der Waals surface area contributed by atoms with Crippen molar-refractivity contribution in [2.75, 3.05) is 52.9 Å². The van der Waals surface area contributed by atoms with Gasteiger partial charge in [-0.05, 0) is 65.0 Å². The Hall–Kier alpha value is -1.53. The van der Waals surface area contributed by atoms with Crippen LogP contribution in [0.25, 0.3) is 0 Å². The first-order chi connectivity index (χ1) is 12.7. The van der Waals surface area contributed by atoms with Crippen LogP contribution < -0.4 is 10.6 Å². The van der Waals surface area contributed by atoms with E-state index in [0.717, 1.165) is 51.0 Å². The minimum absolute atomic E-state index is 0.232. The van der Waals surface area contributed by atoms with Gasteiger partial charge in [0.2, 0.25) is 0 Å². The van der Waals surface area contributed by atoms with Crippen molar-refractivity contribution in [2.45, 2.75) is 45.6 Å². The molecule has 1 saturated heterocycles. The molecular weight excluding hydrogens is 326 g/mol. The van der Waals surface area contributed by atoms with E-state index >= 15 is 0 Å². The maximum absolute atomic E-state index is 5.69. The van der Waals surface area contributed by atoms with Gasteiger partial charge in [-0.3, -0.25) is 9.89 Å². The van der Waals surface area contributed by atoms with E-state index in [2.05, 4.69) is 47.4 Å². The number of hydrogen-bond donors (Lipinski definition) is 2. The van der Waals surface area contributed by atoms with Gasteiger partial charge in [-0.25, -0.2) is 0 Å². The average Bonchev–Trinajstić information content (AvgIpc) is 3.34. The molecule has 0 radical (unpaired) electrons. The van der Waals surface area contributed by atoms with Crippen molar-refractivity contribution in [1.82, 2.24) is 20.4 Å². The standard InChI is InChI=1S/C20H37N5O/c1-4-6-12-24(3)15-11-22-20(21-5-2)23-17-18(19-10-9-16-26-19)25-13-7-8-14-25/h9-10,16,18H,4-8,11-15,17H2,1-3H3,(H2,21,22,23). The predicted molar refractivity (Wildman–Crippen MR) is 109 cm³/mol. The highest BCUT2D eigenvalue weighted by molar-refractivity contribution is 5.79. The third-order valence-corrected chi connectivity index (χ3v) is 4.90. The van der Waals surface area contributed by atoms with Crippen LogP contribution in [0, 0.1) is 0 Å². The first kappa shape index (κ1) is 20.8. The lowest BCUT2D eigenvalue weighted by molar-refractivity contribution is 0.221. The zero-order valence-electron chi connectivity index (χ0n) is 16.8. The van der Waals surface area contributed by atoms with Gasteiger partial charge in [-0.2, -0.15) is 0 Å². The summed E-state index contributed by atoms with van der Waals surface area (Å²) >= 11 is 0. The number of likely N-dealkylation sites (N-methyl/N-ethyl adjacent to an activating group) is 1. The van der Waals surface area contributed by atoms with Crippen molar-refractivity contribution in [2.24, 2.45) is 4.99 Å². The van der Waals surface area contributed by atoms with Crippen molar-refractivity contribution in [3.63, 3.8) is 0 Å². The summed E-state index contributed by atoms with van der Waals surface area (Å²) in [6, 6.07) is 4.27. The Kier molecular flexibility index (Phi) is 9.56. The molecule has 1 atom stereocenters. The van der Waals surface area contributed by atoms with Crippen molar-refractivity contribution in [3.05, 3.63) is 24.2 Å². The van der Waals surface area contributed by atoms with Crippen LogP contribution in [0.15, 0.2) is 27.8 Å². The van der Waals surface area contributed by atoms with E-state index in [0.29, 0.717) is 6.54 Å². The second kappa shape index (κ2) is 12.0. The summed E-state index contributed by atoms with van der Waals surface area (Å²) in [5.41, 5.74) is 0. The number of rotatable bonds is 11. The molecule has 1 aromatic heterocycles. The summed E-state index contributed by atoms with van der Waals surface area (Å²) in [6.45, 7) is 11.3. The van der Waals surface area contributed by atoms with Crippen LogP contribution in [-0.4, -0.2) is 68.6 Å². The SMILES string of the molecule is CCCCN(C)CCNC(=NCC(c1ccco1)N1CCCC1)NCC. The van der Waals surface area contributed by atoms with E-state index in [4.69, 9.17) is 9.41 Å². The molecule has 148 valence electrons. The fourth-order valence-electron chi connectivity index (χ4n) is 3.34. The largest absolute Gasteiger partial charge is 0.468 e. The third kappa shape index (κ3) is 7.00. The molecule has 6 heteroatoms. The van der Waals surface area contributed by atoms with E-state index in [1.54, 1.807) is 6.26 Å². The van der Waals surface area contributed by atoms with Crippen molar-refractivity contribution in [1.29, 1.82) is 0 Å². The van der Waals surface area contributed by atoms with Gasteiger partial charge < -0.3 is 20.0 Å². The van der Waals surface area contributed by atoms with Gasteiger partial charge >= 0.3 is 0 Å². The minimum atomic E-state index is 0.232. The lowest BCUT2D eigenvalue weighted by Gasteiger charge is -2.25. The number of hydrogen-bond acceptors (Lipinski definition) is 4. The molecule has 6 nitrogen and oxygen atoms in total. The third-order valence-electron chi connectivity index (χ3n) is 4.90. The maximum atomic E-state index is 5.69. The molecule has 0 bridgehead atoms. The van der Waals surface area contributed by atoms with Crippen LogP contribution in [0.5, 0.6) is 0 Å². The van der Waals surface area contributed by atoms with Gasteiger partial charge in [0.05, 0.1) is 18.8 Å². The molecule has 0 spiro atoms. The summed E-state index contributed by atoms with van der Waals surface area (Å²) < 4.78 is 5.69. The number of furan rings is 1. The number of unbranched alkanes of at least 4 members (excludes halogenated alkanes) is 1. The van der Waals surface area contributed by atoms with Gasteiger partial charge in [0.15, 0.2) is 5.96 Å². The van der Waals surface area contributed by atoms with E-state index in [-0.39, 0.29) is 6.04 Å². The van der Waals surface area contributed by atoms with Crippen LogP contribution in [0.2, 0.25) is 0 Å². The molecule has 0 aliphatic carbocycles. The summed E-state index contributed by atoms with van der Waals surface area (Å²) in [5.74, 6) is 1.91. The molecule has 1 fully saturated rings. The van der Waals surface area contributed by atoms with Crippen LogP contribution in [0.4, 0.5) is 0 Å². The molecule has 1 unspecified atom stereocenters. The molecule has 26 heavy (non-hydrogen) atoms.